The molecule has 0 aliphatic carbocycles. The van der Waals surface area contributed by atoms with Crippen molar-refractivity contribution in [1.29, 1.82) is 0 Å². The van der Waals surface area contributed by atoms with E-state index in [9.17, 15) is 4.79 Å². The average Bonchev–Trinajstić information content (AvgIpc) is 2.37. The third-order valence-electron chi connectivity index (χ3n) is 3.48. The standard InChI is InChI=1S/C14H18ClNO2/c15-12-5-1-2-6-13(12)16-9-3-4-11(10-16)7-8-14(17)18/h1-2,5-6,11H,3-4,7-10H2,(H,17,18). The molecule has 1 aliphatic rings. The van der Waals surface area contributed by atoms with Gasteiger partial charge < -0.3 is 10.0 Å². The second-order valence-electron chi connectivity index (χ2n) is 4.84. The van der Waals surface area contributed by atoms with Gasteiger partial charge in [-0.3, -0.25) is 4.79 Å². The van der Waals surface area contributed by atoms with Gasteiger partial charge in [-0.15, -0.1) is 0 Å². The highest BCUT2D eigenvalue weighted by atomic mass is 35.5. The summed E-state index contributed by atoms with van der Waals surface area (Å²) in [5, 5.41) is 9.51. The summed E-state index contributed by atoms with van der Waals surface area (Å²) in [5.74, 6) is -0.240. The van der Waals surface area contributed by atoms with Gasteiger partial charge in [-0.2, -0.15) is 0 Å². The molecule has 0 aromatic heterocycles. The van der Waals surface area contributed by atoms with Crippen molar-refractivity contribution in [2.45, 2.75) is 25.7 Å². The number of anilines is 1. The summed E-state index contributed by atoms with van der Waals surface area (Å²) in [6.45, 7) is 1.92. The predicted octanol–water partition coefficient (Wildman–Crippen LogP) is 3.42. The molecule has 1 aromatic rings. The summed E-state index contributed by atoms with van der Waals surface area (Å²) in [7, 11) is 0. The maximum atomic E-state index is 10.6. The van der Waals surface area contributed by atoms with Crippen LogP contribution in [0.15, 0.2) is 24.3 Å². The first-order chi connectivity index (χ1) is 8.66. The Labute approximate surface area is 112 Å². The van der Waals surface area contributed by atoms with E-state index in [1.54, 1.807) is 0 Å². The highest BCUT2D eigenvalue weighted by molar-refractivity contribution is 6.33. The molecular weight excluding hydrogens is 250 g/mol. The summed E-state index contributed by atoms with van der Waals surface area (Å²) in [5.41, 5.74) is 1.07. The fourth-order valence-electron chi connectivity index (χ4n) is 2.56. The molecule has 1 heterocycles. The second kappa shape index (κ2) is 6.10. The van der Waals surface area contributed by atoms with Gasteiger partial charge in [0.15, 0.2) is 0 Å². The van der Waals surface area contributed by atoms with Crippen molar-refractivity contribution in [2.24, 2.45) is 5.92 Å². The highest BCUT2D eigenvalue weighted by Gasteiger charge is 2.21. The molecule has 2 rings (SSSR count). The molecule has 1 unspecified atom stereocenters. The number of benzene rings is 1. The molecule has 1 aliphatic heterocycles. The molecular formula is C14H18ClNO2. The Kier molecular flexibility index (Phi) is 4.48. The number of piperidine rings is 1. The summed E-state index contributed by atoms with van der Waals surface area (Å²) >= 11 is 6.20. The zero-order chi connectivity index (χ0) is 13.0. The number of nitrogens with zero attached hydrogens (tertiary/aromatic N) is 1. The Morgan fingerprint density at radius 3 is 2.94 bits per heavy atom. The van der Waals surface area contributed by atoms with Crippen LogP contribution in [0.1, 0.15) is 25.7 Å². The molecule has 1 saturated heterocycles. The molecule has 0 radical (unpaired) electrons. The number of carboxylic acids is 1. The molecule has 1 aromatic carbocycles. The summed E-state index contributed by atoms with van der Waals surface area (Å²) < 4.78 is 0. The molecule has 3 nitrogen and oxygen atoms in total. The van der Waals surface area contributed by atoms with Crippen molar-refractivity contribution in [3.05, 3.63) is 29.3 Å². The van der Waals surface area contributed by atoms with Crippen molar-refractivity contribution in [1.82, 2.24) is 0 Å². The van der Waals surface area contributed by atoms with E-state index in [4.69, 9.17) is 16.7 Å². The highest BCUT2D eigenvalue weighted by Crippen LogP contribution is 2.30. The van der Waals surface area contributed by atoms with E-state index in [2.05, 4.69) is 4.90 Å². The number of rotatable bonds is 4. The lowest BCUT2D eigenvalue weighted by Gasteiger charge is -2.34. The van der Waals surface area contributed by atoms with E-state index in [-0.39, 0.29) is 6.42 Å². The number of carboxylic acid groups (broad SMARTS) is 1. The van der Waals surface area contributed by atoms with E-state index in [0.29, 0.717) is 5.92 Å². The van der Waals surface area contributed by atoms with Gasteiger partial charge in [0, 0.05) is 19.5 Å². The largest absolute Gasteiger partial charge is 0.481 e. The number of aliphatic carboxylic acids is 1. The Morgan fingerprint density at radius 2 is 2.22 bits per heavy atom. The van der Waals surface area contributed by atoms with Gasteiger partial charge in [0.2, 0.25) is 0 Å². The van der Waals surface area contributed by atoms with Crippen molar-refractivity contribution in [3.8, 4) is 0 Å². The van der Waals surface area contributed by atoms with Crippen molar-refractivity contribution < 1.29 is 9.90 Å². The van der Waals surface area contributed by atoms with Crippen LogP contribution in [0.25, 0.3) is 0 Å². The number of para-hydroxylation sites is 1. The maximum absolute atomic E-state index is 10.6. The van der Waals surface area contributed by atoms with Gasteiger partial charge in [-0.05, 0) is 37.3 Å². The van der Waals surface area contributed by atoms with Crippen molar-refractivity contribution in [3.63, 3.8) is 0 Å². The molecule has 0 amide bonds. The molecule has 0 saturated carbocycles. The SMILES string of the molecule is O=C(O)CCC1CCCN(c2ccccc2Cl)C1. The van der Waals surface area contributed by atoms with E-state index in [1.165, 1.54) is 0 Å². The summed E-state index contributed by atoms with van der Waals surface area (Å²) in [6, 6.07) is 7.85. The van der Waals surface area contributed by atoms with Gasteiger partial charge in [0.1, 0.15) is 0 Å². The number of hydrogen-bond acceptors (Lipinski definition) is 2. The molecule has 98 valence electrons. The predicted molar refractivity (Wildman–Crippen MR) is 73.3 cm³/mol. The molecule has 1 fully saturated rings. The van der Waals surface area contributed by atoms with Crippen LogP contribution >= 0.6 is 11.6 Å². The van der Waals surface area contributed by atoms with Crippen LogP contribution in [0.5, 0.6) is 0 Å². The van der Waals surface area contributed by atoms with Crippen molar-refractivity contribution >= 4 is 23.3 Å². The third kappa shape index (κ3) is 3.39. The van der Waals surface area contributed by atoms with Gasteiger partial charge in [-0.25, -0.2) is 0 Å². The zero-order valence-corrected chi connectivity index (χ0v) is 11.1. The quantitative estimate of drug-likeness (QED) is 0.909. The minimum Gasteiger partial charge on any atom is -0.481 e. The van der Waals surface area contributed by atoms with Crippen LogP contribution in [0.2, 0.25) is 5.02 Å². The minimum absolute atomic E-state index is 0.265. The number of carbonyl (C=O) groups is 1. The molecule has 18 heavy (non-hydrogen) atoms. The fourth-order valence-corrected chi connectivity index (χ4v) is 2.81. The molecule has 1 N–H and O–H groups in total. The zero-order valence-electron chi connectivity index (χ0n) is 10.3. The normalized spacial score (nSPS) is 19.8. The van der Waals surface area contributed by atoms with E-state index >= 15 is 0 Å². The van der Waals surface area contributed by atoms with Crippen LogP contribution < -0.4 is 4.90 Å². The first kappa shape index (κ1) is 13.2. The van der Waals surface area contributed by atoms with Crippen LogP contribution in [0.4, 0.5) is 5.69 Å². The molecule has 4 heteroatoms. The van der Waals surface area contributed by atoms with Crippen molar-refractivity contribution in [2.75, 3.05) is 18.0 Å². The lowest BCUT2D eigenvalue weighted by molar-refractivity contribution is -0.137. The summed E-state index contributed by atoms with van der Waals surface area (Å²) in [4.78, 5) is 12.9. The summed E-state index contributed by atoms with van der Waals surface area (Å²) in [6.07, 6.45) is 3.25. The monoisotopic (exact) mass is 267 g/mol. The first-order valence-corrected chi connectivity index (χ1v) is 6.76. The molecule has 1 atom stereocenters. The van der Waals surface area contributed by atoms with Crippen LogP contribution in [0.3, 0.4) is 0 Å². The van der Waals surface area contributed by atoms with Gasteiger partial charge >= 0.3 is 5.97 Å². The molecule has 0 bridgehead atoms. The lowest BCUT2D eigenvalue weighted by atomic mass is 9.93. The van der Waals surface area contributed by atoms with E-state index in [1.807, 2.05) is 24.3 Å². The fraction of sp³-hybridized carbons (Fsp3) is 0.500. The van der Waals surface area contributed by atoms with Crippen LogP contribution in [-0.4, -0.2) is 24.2 Å². The Bertz CT molecular complexity index is 422. The smallest absolute Gasteiger partial charge is 0.303 e. The van der Waals surface area contributed by atoms with Crippen LogP contribution in [0, 0.1) is 5.92 Å². The average molecular weight is 268 g/mol. The first-order valence-electron chi connectivity index (χ1n) is 6.38. The van der Waals surface area contributed by atoms with Crippen LogP contribution in [-0.2, 0) is 4.79 Å². The van der Waals surface area contributed by atoms with E-state index < -0.39 is 5.97 Å². The Balaban J connectivity index is 1.98. The number of hydrogen-bond donors (Lipinski definition) is 1. The van der Waals surface area contributed by atoms with Gasteiger partial charge in [-0.1, -0.05) is 23.7 Å². The third-order valence-corrected chi connectivity index (χ3v) is 3.80. The maximum Gasteiger partial charge on any atom is 0.303 e. The Hall–Kier alpha value is -1.22. The van der Waals surface area contributed by atoms with E-state index in [0.717, 1.165) is 43.1 Å². The Morgan fingerprint density at radius 1 is 1.44 bits per heavy atom. The van der Waals surface area contributed by atoms with Gasteiger partial charge in [0.25, 0.3) is 0 Å². The lowest BCUT2D eigenvalue weighted by Crippen LogP contribution is -2.35. The van der Waals surface area contributed by atoms with Gasteiger partial charge in [0.05, 0.1) is 10.7 Å². The second-order valence-corrected chi connectivity index (χ2v) is 5.25. The number of halogens is 1. The minimum atomic E-state index is -0.704. The molecule has 0 spiro atoms. The topological polar surface area (TPSA) is 40.5 Å².